The summed E-state index contributed by atoms with van der Waals surface area (Å²) in [6.07, 6.45) is 1.09. The summed E-state index contributed by atoms with van der Waals surface area (Å²) in [6, 6.07) is 16.3. The molecule has 0 aliphatic carbocycles. The molecule has 0 aromatic heterocycles. The van der Waals surface area contributed by atoms with Crippen molar-refractivity contribution < 1.29 is 0 Å². The van der Waals surface area contributed by atoms with Gasteiger partial charge in [-0.25, -0.2) is 0 Å². The van der Waals surface area contributed by atoms with Crippen LogP contribution in [-0.2, 0) is 13.0 Å². The largest absolute Gasteiger partial charge is 0.300 e. The minimum Gasteiger partial charge on any atom is -0.300 e. The van der Waals surface area contributed by atoms with Crippen LogP contribution in [0.5, 0.6) is 0 Å². The minimum absolute atomic E-state index is 0. The molecule has 0 bridgehead atoms. The first kappa shape index (κ1) is 22.6. The Morgan fingerprint density at radius 1 is 0.760 bits per heavy atom. The van der Waals surface area contributed by atoms with Gasteiger partial charge < -0.3 is 4.90 Å². The molecular weight excluding hydrogens is 398 g/mol. The van der Waals surface area contributed by atoms with Crippen LogP contribution in [0.25, 0.3) is 0 Å². The van der Waals surface area contributed by atoms with Crippen LogP contribution in [-0.4, -0.2) is 42.5 Å². The summed E-state index contributed by atoms with van der Waals surface area (Å²) in [4.78, 5) is 5.03. The second-order valence-electron chi connectivity index (χ2n) is 6.09. The van der Waals surface area contributed by atoms with E-state index in [4.69, 9.17) is 23.2 Å². The fourth-order valence-corrected chi connectivity index (χ4v) is 3.30. The van der Waals surface area contributed by atoms with E-state index in [9.17, 15) is 0 Å². The predicted molar refractivity (Wildman–Crippen MR) is 113 cm³/mol. The first-order valence-electron chi connectivity index (χ1n) is 8.13. The third kappa shape index (κ3) is 6.97. The zero-order valence-electron chi connectivity index (χ0n) is 14.0. The van der Waals surface area contributed by atoms with Crippen LogP contribution in [0.4, 0.5) is 0 Å². The van der Waals surface area contributed by atoms with Gasteiger partial charge in [-0.3, -0.25) is 4.90 Å². The van der Waals surface area contributed by atoms with E-state index in [0.717, 1.165) is 55.7 Å². The average Bonchev–Trinajstić information content (AvgIpc) is 2.58. The molecule has 6 heteroatoms. The lowest BCUT2D eigenvalue weighted by Crippen LogP contribution is -2.46. The van der Waals surface area contributed by atoms with Crippen molar-refractivity contribution in [3.63, 3.8) is 0 Å². The zero-order valence-corrected chi connectivity index (χ0v) is 17.2. The van der Waals surface area contributed by atoms with Crippen LogP contribution in [0.3, 0.4) is 0 Å². The number of hydrogen-bond donors (Lipinski definition) is 0. The monoisotopic (exact) mass is 420 g/mol. The Kier molecular flexibility index (Phi) is 10.2. The van der Waals surface area contributed by atoms with Crippen molar-refractivity contribution in [2.24, 2.45) is 0 Å². The van der Waals surface area contributed by atoms with Gasteiger partial charge in [0.15, 0.2) is 0 Å². The van der Waals surface area contributed by atoms with Crippen molar-refractivity contribution >= 4 is 48.0 Å². The Morgan fingerprint density at radius 2 is 1.36 bits per heavy atom. The molecule has 2 aromatic carbocycles. The lowest BCUT2D eigenvalue weighted by Gasteiger charge is -2.34. The summed E-state index contributed by atoms with van der Waals surface area (Å²) in [7, 11) is 0. The lowest BCUT2D eigenvalue weighted by molar-refractivity contribution is 0.128. The van der Waals surface area contributed by atoms with Crippen molar-refractivity contribution in [3.05, 3.63) is 69.7 Å². The van der Waals surface area contributed by atoms with Crippen LogP contribution in [0.15, 0.2) is 48.5 Å². The van der Waals surface area contributed by atoms with Crippen LogP contribution in [0.1, 0.15) is 11.1 Å². The van der Waals surface area contributed by atoms with Gasteiger partial charge in [0.1, 0.15) is 0 Å². The number of halogens is 4. The summed E-state index contributed by atoms with van der Waals surface area (Å²) < 4.78 is 0. The van der Waals surface area contributed by atoms with Gasteiger partial charge in [-0.1, -0.05) is 53.5 Å². The second-order valence-corrected chi connectivity index (χ2v) is 6.93. The summed E-state index contributed by atoms with van der Waals surface area (Å²) in [5.41, 5.74) is 2.58. The van der Waals surface area contributed by atoms with E-state index in [2.05, 4.69) is 34.1 Å². The van der Waals surface area contributed by atoms with Gasteiger partial charge in [-0.05, 0) is 35.7 Å². The lowest BCUT2D eigenvalue weighted by atomic mass is 10.1. The van der Waals surface area contributed by atoms with E-state index in [0.29, 0.717) is 0 Å². The zero-order chi connectivity index (χ0) is 16.1. The third-order valence-corrected chi connectivity index (χ3v) is 5.07. The summed E-state index contributed by atoms with van der Waals surface area (Å²) in [5, 5.41) is 1.68. The molecule has 1 aliphatic heterocycles. The molecule has 1 saturated heterocycles. The van der Waals surface area contributed by atoms with Crippen LogP contribution >= 0.6 is 48.0 Å². The SMILES string of the molecule is Cl.Cl.Clc1ccc(CCN2CCN(Cc3ccccc3Cl)CC2)cc1. The maximum Gasteiger partial charge on any atom is 0.0451 e. The molecule has 1 aliphatic rings. The van der Waals surface area contributed by atoms with E-state index < -0.39 is 0 Å². The molecule has 2 aromatic rings. The van der Waals surface area contributed by atoms with Crippen molar-refractivity contribution in [2.75, 3.05) is 32.7 Å². The molecule has 25 heavy (non-hydrogen) atoms. The predicted octanol–water partition coefficient (Wildman–Crippen LogP) is 5.20. The van der Waals surface area contributed by atoms with Crippen LogP contribution < -0.4 is 0 Å². The third-order valence-electron chi connectivity index (χ3n) is 4.45. The highest BCUT2D eigenvalue weighted by molar-refractivity contribution is 6.31. The number of benzene rings is 2. The maximum absolute atomic E-state index is 6.25. The fourth-order valence-electron chi connectivity index (χ4n) is 2.98. The summed E-state index contributed by atoms with van der Waals surface area (Å²) in [6.45, 7) is 6.51. The summed E-state index contributed by atoms with van der Waals surface area (Å²) in [5.74, 6) is 0. The van der Waals surface area contributed by atoms with E-state index in [1.807, 2.05) is 24.3 Å². The van der Waals surface area contributed by atoms with Gasteiger partial charge in [0.25, 0.3) is 0 Å². The standard InChI is InChI=1S/C19H22Cl2N2.2ClH/c20-18-7-5-16(6-8-18)9-10-22-11-13-23(14-12-22)15-17-3-1-2-4-19(17)21;;/h1-8H,9-15H2;2*1H. The minimum atomic E-state index is 0. The molecule has 0 spiro atoms. The first-order chi connectivity index (χ1) is 11.2. The molecule has 0 radical (unpaired) electrons. The molecule has 0 N–H and O–H groups in total. The van der Waals surface area contributed by atoms with E-state index in [-0.39, 0.29) is 24.8 Å². The van der Waals surface area contributed by atoms with Gasteiger partial charge in [0.05, 0.1) is 0 Å². The van der Waals surface area contributed by atoms with Crippen LogP contribution in [0, 0.1) is 0 Å². The smallest absolute Gasteiger partial charge is 0.0451 e. The average molecular weight is 422 g/mol. The fraction of sp³-hybridized carbons (Fsp3) is 0.368. The molecule has 3 rings (SSSR count). The Balaban J connectivity index is 0.00000156. The highest BCUT2D eigenvalue weighted by atomic mass is 35.5. The van der Waals surface area contributed by atoms with Crippen molar-refractivity contribution in [1.29, 1.82) is 0 Å². The van der Waals surface area contributed by atoms with Crippen LogP contribution in [0.2, 0.25) is 10.0 Å². The molecule has 0 saturated carbocycles. The molecule has 138 valence electrons. The topological polar surface area (TPSA) is 6.48 Å². The molecule has 0 atom stereocenters. The number of nitrogens with zero attached hydrogens (tertiary/aromatic N) is 2. The number of hydrogen-bond acceptors (Lipinski definition) is 2. The molecule has 1 fully saturated rings. The van der Waals surface area contributed by atoms with Crippen molar-refractivity contribution in [2.45, 2.75) is 13.0 Å². The van der Waals surface area contributed by atoms with Gasteiger partial charge in [-0.15, -0.1) is 24.8 Å². The van der Waals surface area contributed by atoms with Gasteiger partial charge in [-0.2, -0.15) is 0 Å². The number of piperazine rings is 1. The highest BCUT2D eigenvalue weighted by Crippen LogP contribution is 2.18. The molecule has 1 heterocycles. The molecular formula is C19H24Cl4N2. The van der Waals surface area contributed by atoms with Gasteiger partial charge in [0.2, 0.25) is 0 Å². The Labute approximate surface area is 172 Å². The Hall–Kier alpha value is -0.480. The second kappa shape index (κ2) is 11.3. The first-order valence-corrected chi connectivity index (χ1v) is 8.89. The van der Waals surface area contributed by atoms with E-state index in [1.54, 1.807) is 0 Å². The summed E-state index contributed by atoms with van der Waals surface area (Å²) >= 11 is 12.2. The molecule has 0 amide bonds. The van der Waals surface area contributed by atoms with Gasteiger partial charge >= 0.3 is 0 Å². The van der Waals surface area contributed by atoms with E-state index >= 15 is 0 Å². The van der Waals surface area contributed by atoms with Gasteiger partial charge in [0, 0.05) is 49.3 Å². The van der Waals surface area contributed by atoms with Crippen molar-refractivity contribution in [1.82, 2.24) is 9.80 Å². The quantitative estimate of drug-likeness (QED) is 0.654. The van der Waals surface area contributed by atoms with Crippen molar-refractivity contribution in [3.8, 4) is 0 Å². The maximum atomic E-state index is 6.25. The highest BCUT2D eigenvalue weighted by Gasteiger charge is 2.17. The van der Waals surface area contributed by atoms with E-state index in [1.165, 1.54) is 11.1 Å². The molecule has 2 nitrogen and oxygen atoms in total. The number of rotatable bonds is 5. The Morgan fingerprint density at radius 3 is 2.00 bits per heavy atom. The Bertz CT molecular complexity index is 626. The normalized spacial score (nSPS) is 15.3. The molecule has 0 unspecified atom stereocenters.